The lowest BCUT2D eigenvalue weighted by molar-refractivity contribution is -0.121. The van der Waals surface area contributed by atoms with Crippen LogP contribution in [0.2, 0.25) is 0 Å². The monoisotopic (exact) mass is 599 g/mol. The Kier molecular flexibility index (Phi) is 7.07. The Labute approximate surface area is 248 Å². The van der Waals surface area contributed by atoms with Gasteiger partial charge in [-0.2, -0.15) is 0 Å². The summed E-state index contributed by atoms with van der Waals surface area (Å²) in [6.07, 6.45) is 2.29. The topological polar surface area (TPSA) is 135 Å². The fraction of sp³-hybridized carbons (Fsp3) is 0.233. The highest BCUT2D eigenvalue weighted by Gasteiger charge is 2.20. The molecule has 2 aliphatic heterocycles. The Bertz CT molecular complexity index is 2010. The second-order valence-electron chi connectivity index (χ2n) is 9.94. The largest absolute Gasteiger partial charge is 0.454 e. The molecule has 5 aromatic rings. The van der Waals surface area contributed by atoms with Crippen molar-refractivity contribution in [3.8, 4) is 23.0 Å². The lowest BCUT2D eigenvalue weighted by Crippen LogP contribution is -2.26. The molecule has 0 unspecified atom stereocenters. The zero-order valence-corrected chi connectivity index (χ0v) is 23.6. The number of hydrogen-bond donors (Lipinski definition) is 1. The highest BCUT2D eigenvalue weighted by molar-refractivity contribution is 7.98. The number of hydrogen-bond acceptors (Lipinski definition) is 10. The normalized spacial score (nSPS) is 13.1. The maximum absolute atomic E-state index is 13.7. The first-order valence-electron chi connectivity index (χ1n) is 13.6. The van der Waals surface area contributed by atoms with Gasteiger partial charge in [0.2, 0.25) is 19.5 Å². The number of rotatable bonds is 9. The molecular weight excluding hydrogens is 574 g/mol. The highest BCUT2D eigenvalue weighted by atomic mass is 32.2. The van der Waals surface area contributed by atoms with Crippen LogP contribution in [0.15, 0.2) is 75.5 Å². The number of thioether (sulfide) groups is 1. The van der Waals surface area contributed by atoms with Gasteiger partial charge in [0.1, 0.15) is 5.65 Å². The first kappa shape index (κ1) is 26.8. The molecule has 2 aliphatic rings. The van der Waals surface area contributed by atoms with Crippen LogP contribution in [0, 0.1) is 0 Å². The minimum atomic E-state index is -0.252. The van der Waals surface area contributed by atoms with Crippen LogP contribution >= 0.6 is 11.8 Å². The number of nitrogens with one attached hydrogen (secondary N) is 1. The average molecular weight is 600 g/mol. The van der Waals surface area contributed by atoms with Gasteiger partial charge in [-0.15, -0.1) is 0 Å². The van der Waals surface area contributed by atoms with Gasteiger partial charge in [0.25, 0.3) is 11.1 Å². The molecule has 218 valence electrons. The molecule has 3 aromatic heterocycles. The molecule has 13 heteroatoms. The van der Waals surface area contributed by atoms with Gasteiger partial charge in [-0.1, -0.05) is 23.9 Å². The summed E-state index contributed by atoms with van der Waals surface area (Å²) in [4.78, 5) is 48.3. The van der Waals surface area contributed by atoms with Crippen molar-refractivity contribution < 1.29 is 23.7 Å². The summed E-state index contributed by atoms with van der Waals surface area (Å²) in [5.74, 6) is 2.54. The van der Waals surface area contributed by atoms with Crippen molar-refractivity contribution in [2.45, 2.75) is 36.8 Å². The van der Waals surface area contributed by atoms with E-state index in [1.807, 2.05) is 24.3 Å². The summed E-state index contributed by atoms with van der Waals surface area (Å²) in [6.45, 7) is 0.880. The van der Waals surface area contributed by atoms with E-state index in [0.29, 0.717) is 69.1 Å². The van der Waals surface area contributed by atoms with Gasteiger partial charge in [-0.25, -0.2) is 9.97 Å². The number of carbonyl (C=O) groups is 1. The number of nitrogens with zero attached hydrogens (tertiary/aromatic N) is 4. The summed E-state index contributed by atoms with van der Waals surface area (Å²) in [6, 6.07) is 15.7. The van der Waals surface area contributed by atoms with Gasteiger partial charge in [0, 0.05) is 43.6 Å². The van der Waals surface area contributed by atoms with Crippen molar-refractivity contribution in [3.63, 3.8) is 0 Å². The van der Waals surface area contributed by atoms with Crippen LogP contribution in [0.25, 0.3) is 16.6 Å². The Morgan fingerprint density at radius 1 is 0.907 bits per heavy atom. The van der Waals surface area contributed by atoms with Gasteiger partial charge in [-0.05, 0) is 42.3 Å². The average Bonchev–Trinajstić information content (AvgIpc) is 3.68. The van der Waals surface area contributed by atoms with Crippen LogP contribution in [0.1, 0.15) is 24.1 Å². The van der Waals surface area contributed by atoms with E-state index in [9.17, 15) is 14.4 Å². The fourth-order valence-electron chi connectivity index (χ4n) is 4.95. The summed E-state index contributed by atoms with van der Waals surface area (Å²) in [7, 11) is 0. The van der Waals surface area contributed by atoms with E-state index in [1.54, 1.807) is 35.0 Å². The van der Waals surface area contributed by atoms with Gasteiger partial charge in [0.15, 0.2) is 28.2 Å². The van der Waals surface area contributed by atoms with Crippen LogP contribution in [0.3, 0.4) is 0 Å². The van der Waals surface area contributed by atoms with E-state index < -0.39 is 0 Å². The van der Waals surface area contributed by atoms with E-state index in [-0.39, 0.29) is 43.6 Å². The zero-order chi connectivity index (χ0) is 29.3. The summed E-state index contributed by atoms with van der Waals surface area (Å²) >= 11 is 1.30. The molecule has 2 aromatic carbocycles. The molecule has 0 saturated heterocycles. The van der Waals surface area contributed by atoms with Crippen molar-refractivity contribution in [1.82, 2.24) is 24.3 Å². The minimum absolute atomic E-state index is 0.0754. The van der Waals surface area contributed by atoms with E-state index in [0.717, 1.165) is 5.56 Å². The van der Waals surface area contributed by atoms with Crippen molar-refractivity contribution in [1.29, 1.82) is 0 Å². The van der Waals surface area contributed by atoms with Crippen molar-refractivity contribution >= 4 is 34.2 Å². The maximum atomic E-state index is 13.7. The number of carbonyl (C=O) groups excluding carboxylic acids is 1. The smallest absolute Gasteiger partial charge is 0.262 e. The zero-order valence-electron chi connectivity index (χ0n) is 22.8. The van der Waals surface area contributed by atoms with Crippen LogP contribution in [0.4, 0.5) is 0 Å². The Balaban J connectivity index is 1.09. The van der Waals surface area contributed by atoms with Gasteiger partial charge in [-0.3, -0.25) is 23.4 Å². The molecule has 12 nitrogen and oxygen atoms in total. The fourth-order valence-corrected chi connectivity index (χ4v) is 5.87. The second-order valence-corrected chi connectivity index (χ2v) is 10.9. The number of pyridine rings is 1. The molecule has 0 bridgehead atoms. The molecule has 0 aliphatic carbocycles. The molecule has 43 heavy (non-hydrogen) atoms. The van der Waals surface area contributed by atoms with E-state index >= 15 is 0 Å². The molecule has 0 atom stereocenters. The van der Waals surface area contributed by atoms with E-state index in [2.05, 4.69) is 10.3 Å². The Morgan fingerprint density at radius 3 is 2.56 bits per heavy atom. The first-order chi connectivity index (χ1) is 21.0. The van der Waals surface area contributed by atoms with Crippen LogP contribution < -0.4 is 35.4 Å². The maximum Gasteiger partial charge on any atom is 0.262 e. The number of fused-ring (bicyclic) bond motifs is 4. The van der Waals surface area contributed by atoms with E-state index in [1.165, 1.54) is 22.2 Å². The highest BCUT2D eigenvalue weighted by Crippen LogP contribution is 2.35. The molecule has 0 saturated carbocycles. The third-order valence-electron chi connectivity index (χ3n) is 7.10. The lowest BCUT2D eigenvalue weighted by Gasteiger charge is -2.14. The van der Waals surface area contributed by atoms with Crippen LogP contribution in [0.5, 0.6) is 23.0 Å². The lowest BCUT2D eigenvalue weighted by atomic mass is 10.2. The van der Waals surface area contributed by atoms with E-state index in [4.69, 9.17) is 23.9 Å². The predicted octanol–water partition coefficient (Wildman–Crippen LogP) is 3.25. The van der Waals surface area contributed by atoms with Crippen molar-refractivity contribution in [3.05, 3.63) is 92.8 Å². The molecule has 7 rings (SSSR count). The van der Waals surface area contributed by atoms with Gasteiger partial charge in [0.05, 0.1) is 16.6 Å². The number of aromatic nitrogens is 4. The second kappa shape index (κ2) is 11.3. The Hall–Kier alpha value is -5.04. The predicted molar refractivity (Wildman–Crippen MR) is 157 cm³/mol. The minimum Gasteiger partial charge on any atom is -0.454 e. The third kappa shape index (κ3) is 5.46. The number of benzene rings is 2. The third-order valence-corrected chi connectivity index (χ3v) is 8.11. The van der Waals surface area contributed by atoms with Crippen molar-refractivity contribution in [2.24, 2.45) is 0 Å². The van der Waals surface area contributed by atoms with Gasteiger partial charge < -0.3 is 24.3 Å². The number of amides is 1. The summed E-state index contributed by atoms with van der Waals surface area (Å²) < 4.78 is 24.7. The summed E-state index contributed by atoms with van der Waals surface area (Å²) in [5.41, 5.74) is 2.03. The SMILES string of the molecule is O=C(CCCn1c(SCc2cc(=O)n3ccccc3n2)nc2cc3c(cc2c1=O)OCO3)NCc1ccc2c(c1)OCO2. The number of ether oxygens (including phenoxy) is 4. The first-order valence-corrected chi connectivity index (χ1v) is 14.6. The quantitative estimate of drug-likeness (QED) is 0.199. The molecule has 0 radical (unpaired) electrons. The van der Waals surface area contributed by atoms with Gasteiger partial charge >= 0.3 is 0 Å². The molecule has 0 spiro atoms. The standard InChI is InChI=1S/C30H25N5O7S/c36-27(31-14-18-6-7-22-23(10-18)40-16-39-22)5-3-9-35-29(38)20-12-24-25(42-17-41-24)13-21(20)33-30(35)43-15-19-11-28(37)34-8-2-1-4-26(34)32-19/h1-2,4,6-8,10-13H,3,5,9,14-17H2,(H,31,36). The molecule has 1 amide bonds. The molecule has 5 heterocycles. The van der Waals surface area contributed by atoms with Crippen LogP contribution in [-0.2, 0) is 23.6 Å². The Morgan fingerprint density at radius 2 is 1.70 bits per heavy atom. The van der Waals surface area contributed by atoms with Crippen LogP contribution in [-0.4, -0.2) is 38.4 Å². The molecular formula is C30H25N5O7S. The molecule has 1 N–H and O–H groups in total. The summed E-state index contributed by atoms with van der Waals surface area (Å²) in [5, 5.41) is 3.76. The van der Waals surface area contributed by atoms with Crippen molar-refractivity contribution in [2.75, 3.05) is 13.6 Å². The molecule has 0 fully saturated rings.